The molecule has 0 radical (unpaired) electrons. The average Bonchev–Trinajstić information content (AvgIpc) is 3.54. The van der Waals surface area contributed by atoms with Crippen molar-refractivity contribution in [2.75, 3.05) is 19.7 Å². The minimum absolute atomic E-state index is 0.209. The first-order valence-corrected chi connectivity index (χ1v) is 16.5. The fraction of sp³-hybridized carbons (Fsp3) is 0.395. The number of hydrogen-bond acceptors (Lipinski definition) is 5. The van der Waals surface area contributed by atoms with Gasteiger partial charge in [-0.25, -0.2) is 0 Å². The van der Waals surface area contributed by atoms with Gasteiger partial charge in [0.05, 0.1) is 6.04 Å². The Hall–Kier alpha value is -4.43. The summed E-state index contributed by atoms with van der Waals surface area (Å²) in [5.41, 5.74) is 1.59. The van der Waals surface area contributed by atoms with Crippen LogP contribution in [0, 0.1) is 5.92 Å². The Morgan fingerprint density at radius 2 is 1.46 bits per heavy atom. The lowest BCUT2D eigenvalue weighted by atomic mass is 9.83. The number of carbonyl (C=O) groups excluding carboxylic acids is 3. The fourth-order valence-corrected chi connectivity index (χ4v) is 6.54. The summed E-state index contributed by atoms with van der Waals surface area (Å²) in [6.07, 6.45) is 7.07. The number of fused-ring (bicyclic) bond motifs is 1. The minimum atomic E-state index is -1.11. The molecule has 242 valence electrons. The number of amides is 3. The maximum absolute atomic E-state index is 14.4. The van der Waals surface area contributed by atoms with Gasteiger partial charge in [-0.2, -0.15) is 0 Å². The van der Waals surface area contributed by atoms with Gasteiger partial charge in [0, 0.05) is 24.6 Å². The van der Waals surface area contributed by atoms with E-state index >= 15 is 0 Å². The SMILES string of the molecule is CC(C)C[C@@H]1NCCOc2ccccc2/C=C\CNC(=O)[C@H](C(c2ccccc2)c2ccccc2)NC(=O)C2(CCCC2)NC1=O. The monoisotopic (exact) mass is 622 g/mol. The van der Waals surface area contributed by atoms with Crippen LogP contribution in [0.15, 0.2) is 91.0 Å². The van der Waals surface area contributed by atoms with Crippen LogP contribution in [0.25, 0.3) is 6.08 Å². The highest BCUT2D eigenvalue weighted by atomic mass is 16.5. The van der Waals surface area contributed by atoms with Crippen LogP contribution in [0.1, 0.15) is 68.6 Å². The van der Waals surface area contributed by atoms with Crippen LogP contribution >= 0.6 is 0 Å². The minimum Gasteiger partial charge on any atom is -0.492 e. The van der Waals surface area contributed by atoms with Crippen molar-refractivity contribution < 1.29 is 19.1 Å². The van der Waals surface area contributed by atoms with E-state index in [1.807, 2.05) is 97.1 Å². The van der Waals surface area contributed by atoms with Crippen LogP contribution in [-0.2, 0) is 14.4 Å². The van der Waals surface area contributed by atoms with Gasteiger partial charge in [0.25, 0.3) is 0 Å². The molecule has 2 atom stereocenters. The number of ether oxygens (including phenoxy) is 1. The van der Waals surface area contributed by atoms with Crippen LogP contribution in [-0.4, -0.2) is 55.0 Å². The summed E-state index contributed by atoms with van der Waals surface area (Å²) < 4.78 is 6.10. The molecule has 0 unspecified atom stereocenters. The highest BCUT2D eigenvalue weighted by molar-refractivity contribution is 5.96. The Bertz CT molecular complexity index is 1450. The van der Waals surface area contributed by atoms with E-state index in [0.29, 0.717) is 32.4 Å². The van der Waals surface area contributed by atoms with Crippen LogP contribution in [0.2, 0.25) is 0 Å². The van der Waals surface area contributed by atoms with Gasteiger partial charge in [-0.05, 0) is 42.4 Å². The predicted molar refractivity (Wildman–Crippen MR) is 181 cm³/mol. The lowest BCUT2D eigenvalue weighted by Crippen LogP contribution is -2.63. The molecule has 0 aromatic heterocycles. The first kappa shape index (κ1) is 32.9. The first-order chi connectivity index (χ1) is 22.4. The van der Waals surface area contributed by atoms with E-state index in [0.717, 1.165) is 35.3 Å². The van der Waals surface area contributed by atoms with Crippen molar-refractivity contribution in [3.8, 4) is 5.75 Å². The van der Waals surface area contributed by atoms with Gasteiger partial charge < -0.3 is 26.0 Å². The smallest absolute Gasteiger partial charge is 0.246 e. The van der Waals surface area contributed by atoms with Crippen molar-refractivity contribution in [3.05, 3.63) is 108 Å². The van der Waals surface area contributed by atoms with Gasteiger partial charge in [-0.1, -0.05) is 118 Å². The Kier molecular flexibility index (Phi) is 11.3. The zero-order valence-electron chi connectivity index (χ0n) is 26.8. The molecule has 5 rings (SSSR count). The van der Waals surface area contributed by atoms with Crippen molar-refractivity contribution in [1.82, 2.24) is 21.3 Å². The van der Waals surface area contributed by atoms with E-state index in [9.17, 15) is 14.4 Å². The Labute approximate surface area is 272 Å². The van der Waals surface area contributed by atoms with Crippen molar-refractivity contribution >= 4 is 23.8 Å². The number of nitrogens with one attached hydrogen (secondary N) is 4. The van der Waals surface area contributed by atoms with Gasteiger partial charge in [-0.3, -0.25) is 14.4 Å². The summed E-state index contributed by atoms with van der Waals surface area (Å²) in [5.74, 6) is -0.320. The van der Waals surface area contributed by atoms with Crippen molar-refractivity contribution in [2.24, 2.45) is 5.92 Å². The number of hydrogen-bond donors (Lipinski definition) is 4. The van der Waals surface area contributed by atoms with E-state index in [1.54, 1.807) is 0 Å². The molecule has 8 nitrogen and oxygen atoms in total. The van der Waals surface area contributed by atoms with Gasteiger partial charge in [-0.15, -0.1) is 0 Å². The molecule has 4 N–H and O–H groups in total. The normalized spacial score (nSPS) is 21.8. The zero-order valence-corrected chi connectivity index (χ0v) is 26.8. The zero-order chi connectivity index (χ0) is 32.4. The topological polar surface area (TPSA) is 109 Å². The van der Waals surface area contributed by atoms with Gasteiger partial charge in [0.1, 0.15) is 23.9 Å². The van der Waals surface area contributed by atoms with E-state index in [2.05, 4.69) is 35.1 Å². The summed E-state index contributed by atoms with van der Waals surface area (Å²) in [6.45, 7) is 5.26. The van der Waals surface area contributed by atoms with E-state index in [1.165, 1.54) is 0 Å². The lowest BCUT2D eigenvalue weighted by molar-refractivity contribution is -0.136. The third-order valence-electron chi connectivity index (χ3n) is 8.86. The second-order valence-electron chi connectivity index (χ2n) is 12.7. The quantitative estimate of drug-likeness (QED) is 0.322. The second kappa shape index (κ2) is 15.7. The standard InChI is InChI=1S/C38H46N4O4/c1-27(2)26-31-35(43)42-38(21-11-12-22-38)37(45)41-34(33(29-15-5-3-6-16-29)30-17-7-4-8-18-30)36(44)40-23-13-19-28-14-9-10-20-32(28)46-25-24-39-31/h3-10,13-20,27,31,33-34,39H,11-12,21-26H2,1-2H3,(H,40,44)(H,41,45)(H,42,43)/b19-13-/t31-,34-/m0/s1. The number of para-hydroxylation sites is 1. The van der Waals surface area contributed by atoms with Gasteiger partial charge in [0.2, 0.25) is 17.7 Å². The molecule has 1 saturated carbocycles. The molecule has 1 spiro atoms. The molecule has 0 bridgehead atoms. The molecule has 8 heteroatoms. The molecule has 1 fully saturated rings. The molecule has 1 heterocycles. The molecule has 1 aliphatic carbocycles. The fourth-order valence-electron chi connectivity index (χ4n) is 6.54. The largest absolute Gasteiger partial charge is 0.492 e. The molecular weight excluding hydrogens is 576 g/mol. The predicted octanol–water partition coefficient (Wildman–Crippen LogP) is 4.96. The Morgan fingerprint density at radius 1 is 0.826 bits per heavy atom. The molecule has 0 saturated heterocycles. The average molecular weight is 623 g/mol. The third-order valence-corrected chi connectivity index (χ3v) is 8.86. The second-order valence-corrected chi connectivity index (χ2v) is 12.7. The van der Waals surface area contributed by atoms with Gasteiger partial charge in [0.15, 0.2) is 0 Å². The molecule has 46 heavy (non-hydrogen) atoms. The van der Waals surface area contributed by atoms with E-state index < -0.39 is 23.5 Å². The van der Waals surface area contributed by atoms with Crippen LogP contribution < -0.4 is 26.0 Å². The summed E-state index contributed by atoms with van der Waals surface area (Å²) in [5, 5.41) is 12.8. The summed E-state index contributed by atoms with van der Waals surface area (Å²) in [4.78, 5) is 42.4. The highest BCUT2D eigenvalue weighted by Gasteiger charge is 2.46. The molecule has 1 aliphatic heterocycles. The maximum Gasteiger partial charge on any atom is 0.246 e. The van der Waals surface area contributed by atoms with Crippen molar-refractivity contribution in [2.45, 2.75) is 69.5 Å². The molecular formula is C38H46N4O4. The van der Waals surface area contributed by atoms with Crippen molar-refractivity contribution in [1.29, 1.82) is 0 Å². The van der Waals surface area contributed by atoms with Crippen molar-refractivity contribution in [3.63, 3.8) is 0 Å². The lowest BCUT2D eigenvalue weighted by Gasteiger charge is -2.35. The maximum atomic E-state index is 14.4. The Morgan fingerprint density at radius 3 is 2.11 bits per heavy atom. The molecule has 2 aliphatic rings. The summed E-state index contributed by atoms with van der Waals surface area (Å²) >= 11 is 0. The number of benzene rings is 3. The highest BCUT2D eigenvalue weighted by Crippen LogP contribution is 2.33. The van der Waals surface area contributed by atoms with E-state index in [-0.39, 0.29) is 30.2 Å². The van der Waals surface area contributed by atoms with Crippen LogP contribution in [0.4, 0.5) is 0 Å². The van der Waals surface area contributed by atoms with Gasteiger partial charge >= 0.3 is 0 Å². The summed E-state index contributed by atoms with van der Waals surface area (Å²) in [6, 6.07) is 25.9. The number of rotatable bonds is 5. The van der Waals surface area contributed by atoms with E-state index in [4.69, 9.17) is 4.74 Å². The molecule has 3 aromatic rings. The number of carbonyl (C=O) groups is 3. The van der Waals surface area contributed by atoms with Crippen LogP contribution in [0.3, 0.4) is 0 Å². The molecule has 3 amide bonds. The first-order valence-electron chi connectivity index (χ1n) is 16.5. The molecule has 3 aromatic carbocycles. The third kappa shape index (κ3) is 8.23. The Balaban J connectivity index is 1.54. The summed E-state index contributed by atoms with van der Waals surface area (Å²) in [7, 11) is 0. The van der Waals surface area contributed by atoms with Crippen LogP contribution in [0.5, 0.6) is 5.75 Å².